The molecule has 5 nitrogen and oxygen atoms in total. The molecule has 0 bridgehead atoms. The Morgan fingerprint density at radius 2 is 1.52 bits per heavy atom. The Kier molecular flexibility index (Phi) is 5.62. The Morgan fingerprint density at radius 1 is 1.00 bits per heavy atom. The van der Waals surface area contributed by atoms with Crippen LogP contribution in [0.25, 0.3) is 0 Å². The molecule has 0 aromatic rings. The van der Waals surface area contributed by atoms with Crippen molar-refractivity contribution in [3.63, 3.8) is 0 Å². The smallest absolute Gasteiger partial charge is 0.248 e. The van der Waals surface area contributed by atoms with Gasteiger partial charge in [0.25, 0.3) is 0 Å². The molecule has 21 heavy (non-hydrogen) atoms. The van der Waals surface area contributed by atoms with Crippen LogP contribution in [0, 0.1) is 17.8 Å². The number of carbonyl (C=O) groups excluding carboxylic acids is 2. The van der Waals surface area contributed by atoms with Gasteiger partial charge in [-0.05, 0) is 37.5 Å². The van der Waals surface area contributed by atoms with Crippen LogP contribution in [0.2, 0.25) is 0 Å². The van der Waals surface area contributed by atoms with Crippen molar-refractivity contribution in [2.24, 2.45) is 17.8 Å². The molecule has 0 spiro atoms. The quantitative estimate of drug-likeness (QED) is 0.849. The van der Waals surface area contributed by atoms with Crippen molar-refractivity contribution in [1.82, 2.24) is 9.80 Å². The average molecular weight is 296 g/mol. The summed E-state index contributed by atoms with van der Waals surface area (Å²) in [5.41, 5.74) is 0. The first-order valence-corrected chi connectivity index (χ1v) is 8.20. The first-order chi connectivity index (χ1) is 10.0. The van der Waals surface area contributed by atoms with Gasteiger partial charge in [0.15, 0.2) is 0 Å². The molecule has 2 rings (SSSR count). The monoisotopic (exact) mass is 296 g/mol. The highest BCUT2D eigenvalue weighted by Gasteiger charge is 2.32. The van der Waals surface area contributed by atoms with Gasteiger partial charge in [0.2, 0.25) is 11.8 Å². The van der Waals surface area contributed by atoms with E-state index in [2.05, 4.69) is 13.8 Å². The van der Waals surface area contributed by atoms with Crippen molar-refractivity contribution in [1.29, 1.82) is 0 Å². The first kappa shape index (κ1) is 16.3. The molecule has 2 amide bonds. The van der Waals surface area contributed by atoms with Gasteiger partial charge in [0.05, 0.1) is 0 Å². The number of piperazine rings is 1. The normalized spacial score (nSPS) is 27.0. The lowest BCUT2D eigenvalue weighted by atomic mass is 9.76. The minimum absolute atomic E-state index is 0.181. The molecule has 1 aliphatic heterocycles. The fraction of sp³-hybridized carbons (Fsp3) is 0.875. The summed E-state index contributed by atoms with van der Waals surface area (Å²) >= 11 is 0. The molecule has 0 unspecified atom stereocenters. The molecular formula is C16H28N2O3. The molecule has 0 atom stereocenters. The molecule has 0 aromatic heterocycles. The number of aliphatic hydroxyl groups excluding tert-OH is 1. The molecular weight excluding hydrogens is 268 g/mol. The van der Waals surface area contributed by atoms with E-state index in [1.54, 1.807) is 4.90 Å². The van der Waals surface area contributed by atoms with Gasteiger partial charge < -0.3 is 14.9 Å². The molecule has 1 aliphatic carbocycles. The molecule has 1 N–H and O–H groups in total. The van der Waals surface area contributed by atoms with E-state index in [0.717, 1.165) is 31.6 Å². The molecule has 1 saturated heterocycles. The van der Waals surface area contributed by atoms with Crippen LogP contribution in [0.3, 0.4) is 0 Å². The van der Waals surface area contributed by atoms with Crippen LogP contribution in [-0.2, 0) is 9.59 Å². The van der Waals surface area contributed by atoms with Gasteiger partial charge in [0.1, 0.15) is 6.61 Å². The summed E-state index contributed by atoms with van der Waals surface area (Å²) in [5.74, 6) is 1.70. The van der Waals surface area contributed by atoms with E-state index in [9.17, 15) is 9.59 Å². The van der Waals surface area contributed by atoms with Crippen LogP contribution in [0.4, 0.5) is 0 Å². The van der Waals surface area contributed by atoms with Gasteiger partial charge in [-0.2, -0.15) is 0 Å². The SMILES string of the molecule is CC(C)C1CCC(C(=O)N2CCN(C(=O)CO)CC2)CC1. The predicted octanol–water partition coefficient (Wildman–Crippen LogP) is 1.11. The lowest BCUT2D eigenvalue weighted by molar-refractivity contribution is -0.144. The van der Waals surface area contributed by atoms with Crippen LogP contribution in [0.5, 0.6) is 0 Å². The van der Waals surface area contributed by atoms with Crippen molar-refractivity contribution in [2.45, 2.75) is 39.5 Å². The molecule has 0 radical (unpaired) electrons. The summed E-state index contributed by atoms with van der Waals surface area (Å²) in [7, 11) is 0. The summed E-state index contributed by atoms with van der Waals surface area (Å²) in [6.07, 6.45) is 4.35. The van der Waals surface area contributed by atoms with E-state index in [4.69, 9.17) is 5.11 Å². The third kappa shape index (κ3) is 3.96. The average Bonchev–Trinajstić information content (AvgIpc) is 2.53. The van der Waals surface area contributed by atoms with Crippen LogP contribution in [0.1, 0.15) is 39.5 Å². The molecule has 1 heterocycles. The Balaban J connectivity index is 1.79. The lowest BCUT2D eigenvalue weighted by Gasteiger charge is -2.38. The second-order valence-corrected chi connectivity index (χ2v) is 6.72. The number of rotatable bonds is 3. The standard InChI is InChI=1S/C16H28N2O3/c1-12(2)13-3-5-14(6-4-13)16(21)18-9-7-17(8-10-18)15(20)11-19/h12-14,19H,3-11H2,1-2H3. The highest BCUT2D eigenvalue weighted by Crippen LogP contribution is 2.34. The van der Waals surface area contributed by atoms with Gasteiger partial charge in [0, 0.05) is 32.1 Å². The van der Waals surface area contributed by atoms with Crippen LogP contribution >= 0.6 is 0 Å². The zero-order valence-electron chi connectivity index (χ0n) is 13.3. The van der Waals surface area contributed by atoms with E-state index in [1.807, 2.05) is 4.90 Å². The van der Waals surface area contributed by atoms with E-state index < -0.39 is 6.61 Å². The van der Waals surface area contributed by atoms with Gasteiger partial charge in [-0.15, -0.1) is 0 Å². The van der Waals surface area contributed by atoms with Crippen LogP contribution in [-0.4, -0.2) is 59.5 Å². The van der Waals surface area contributed by atoms with Crippen molar-refractivity contribution < 1.29 is 14.7 Å². The largest absolute Gasteiger partial charge is 0.387 e. The van der Waals surface area contributed by atoms with E-state index >= 15 is 0 Å². The predicted molar refractivity (Wildman–Crippen MR) is 80.5 cm³/mol. The maximum absolute atomic E-state index is 12.5. The highest BCUT2D eigenvalue weighted by molar-refractivity contribution is 5.80. The summed E-state index contributed by atoms with van der Waals surface area (Å²) < 4.78 is 0. The fourth-order valence-electron chi connectivity index (χ4n) is 3.57. The van der Waals surface area contributed by atoms with E-state index in [1.165, 1.54) is 0 Å². The van der Waals surface area contributed by atoms with Gasteiger partial charge >= 0.3 is 0 Å². The third-order valence-corrected chi connectivity index (χ3v) is 5.14. The van der Waals surface area contributed by atoms with Crippen molar-refractivity contribution in [3.8, 4) is 0 Å². The maximum atomic E-state index is 12.5. The van der Waals surface area contributed by atoms with Crippen LogP contribution < -0.4 is 0 Å². The van der Waals surface area contributed by atoms with Gasteiger partial charge in [-0.3, -0.25) is 9.59 Å². The van der Waals surface area contributed by atoms with Crippen molar-refractivity contribution in [3.05, 3.63) is 0 Å². The molecule has 2 aliphatic rings. The first-order valence-electron chi connectivity index (χ1n) is 8.20. The summed E-state index contributed by atoms with van der Waals surface area (Å²) in [6, 6.07) is 0. The third-order valence-electron chi connectivity index (χ3n) is 5.14. The fourth-order valence-corrected chi connectivity index (χ4v) is 3.57. The summed E-state index contributed by atoms with van der Waals surface area (Å²) in [5, 5.41) is 8.86. The molecule has 120 valence electrons. The number of amides is 2. The number of nitrogens with zero attached hydrogens (tertiary/aromatic N) is 2. The lowest BCUT2D eigenvalue weighted by Crippen LogP contribution is -2.52. The Morgan fingerprint density at radius 3 is 2.00 bits per heavy atom. The minimum atomic E-state index is -0.437. The van der Waals surface area contributed by atoms with Gasteiger partial charge in [-0.1, -0.05) is 13.8 Å². The molecule has 5 heteroatoms. The van der Waals surface area contributed by atoms with E-state index in [0.29, 0.717) is 32.1 Å². The van der Waals surface area contributed by atoms with Crippen LogP contribution in [0.15, 0.2) is 0 Å². The number of aliphatic hydroxyl groups is 1. The molecule has 0 aromatic carbocycles. The zero-order chi connectivity index (χ0) is 15.4. The Hall–Kier alpha value is -1.10. The molecule has 2 fully saturated rings. The Bertz CT molecular complexity index is 368. The zero-order valence-corrected chi connectivity index (χ0v) is 13.3. The number of hydrogen-bond acceptors (Lipinski definition) is 3. The van der Waals surface area contributed by atoms with E-state index in [-0.39, 0.29) is 17.7 Å². The number of carbonyl (C=O) groups is 2. The highest BCUT2D eigenvalue weighted by atomic mass is 16.3. The molecule has 1 saturated carbocycles. The minimum Gasteiger partial charge on any atom is -0.387 e. The topological polar surface area (TPSA) is 60.9 Å². The Labute approximate surface area is 127 Å². The number of hydrogen-bond donors (Lipinski definition) is 1. The van der Waals surface area contributed by atoms with Gasteiger partial charge in [-0.25, -0.2) is 0 Å². The summed E-state index contributed by atoms with van der Waals surface area (Å²) in [4.78, 5) is 27.5. The van der Waals surface area contributed by atoms with Crippen molar-refractivity contribution >= 4 is 11.8 Å². The summed E-state index contributed by atoms with van der Waals surface area (Å²) in [6.45, 7) is 6.41. The maximum Gasteiger partial charge on any atom is 0.248 e. The van der Waals surface area contributed by atoms with Crippen molar-refractivity contribution in [2.75, 3.05) is 32.8 Å². The second-order valence-electron chi connectivity index (χ2n) is 6.72. The second kappa shape index (κ2) is 7.25.